The first kappa shape index (κ1) is 25.4. The lowest BCUT2D eigenvalue weighted by molar-refractivity contribution is -0.135. The number of halogens is 1. The molecule has 196 valence electrons. The van der Waals surface area contributed by atoms with Crippen molar-refractivity contribution in [1.29, 1.82) is 0 Å². The van der Waals surface area contributed by atoms with E-state index in [4.69, 9.17) is 21.3 Å². The lowest BCUT2D eigenvalue weighted by Crippen LogP contribution is -2.43. The van der Waals surface area contributed by atoms with Gasteiger partial charge in [0.25, 0.3) is 5.91 Å². The van der Waals surface area contributed by atoms with Gasteiger partial charge in [0.2, 0.25) is 10.0 Å². The summed E-state index contributed by atoms with van der Waals surface area (Å²) in [6.07, 6.45) is 4.44. The highest BCUT2D eigenvalue weighted by Crippen LogP contribution is 2.38. The number of anilines is 1. The highest BCUT2D eigenvalue weighted by Gasteiger charge is 2.39. The third-order valence-corrected chi connectivity index (χ3v) is 7.85. The molecule has 0 spiro atoms. The van der Waals surface area contributed by atoms with E-state index >= 15 is 0 Å². The van der Waals surface area contributed by atoms with Crippen LogP contribution in [-0.2, 0) is 34.2 Å². The smallest absolute Gasteiger partial charge is 0.355 e. The van der Waals surface area contributed by atoms with Gasteiger partial charge in [-0.3, -0.25) is 9.52 Å². The molecule has 3 aromatic rings. The highest BCUT2D eigenvalue weighted by atomic mass is 35.5. The number of sulfonamides is 1. The van der Waals surface area contributed by atoms with E-state index in [1.165, 1.54) is 28.8 Å². The molecule has 0 saturated heterocycles. The fourth-order valence-electron chi connectivity index (χ4n) is 4.58. The molecule has 0 bridgehead atoms. The summed E-state index contributed by atoms with van der Waals surface area (Å²) in [5.41, 5.74) is 1.70. The third-order valence-electron chi connectivity index (χ3n) is 6.11. The molecule has 1 amide bonds. The van der Waals surface area contributed by atoms with E-state index < -0.39 is 22.0 Å². The summed E-state index contributed by atoms with van der Waals surface area (Å²) in [6.45, 7) is 0.782. The quantitative estimate of drug-likeness (QED) is 0.410. The van der Waals surface area contributed by atoms with Crippen LogP contribution in [0.15, 0.2) is 17.5 Å². The van der Waals surface area contributed by atoms with Crippen LogP contribution in [0.4, 0.5) is 5.82 Å². The fraction of sp³-hybridized carbons (Fsp3) is 0.409. The predicted molar refractivity (Wildman–Crippen MR) is 135 cm³/mol. The van der Waals surface area contributed by atoms with Gasteiger partial charge in [-0.2, -0.15) is 0 Å². The van der Waals surface area contributed by atoms with Gasteiger partial charge in [0.15, 0.2) is 23.2 Å². The van der Waals surface area contributed by atoms with Crippen molar-refractivity contribution in [3.05, 3.63) is 50.6 Å². The SMILES string of the molecule is CS(=O)(=O)Nc1ccc(OCC(=O)N2CCc3nc4n(c3C2c2nc(C(=O)O)cs2)CCCC4)c(Cl)n1. The van der Waals surface area contributed by atoms with Crippen molar-refractivity contribution in [1.82, 2.24) is 24.4 Å². The summed E-state index contributed by atoms with van der Waals surface area (Å²) in [7, 11) is -3.53. The van der Waals surface area contributed by atoms with Crippen LogP contribution in [0.1, 0.15) is 51.6 Å². The van der Waals surface area contributed by atoms with Gasteiger partial charge in [0.1, 0.15) is 22.7 Å². The van der Waals surface area contributed by atoms with Crippen LogP contribution in [0, 0.1) is 0 Å². The first-order valence-electron chi connectivity index (χ1n) is 11.4. The number of carboxylic acid groups (broad SMARTS) is 1. The number of ether oxygens (including phenoxy) is 1. The number of rotatable bonds is 7. The summed E-state index contributed by atoms with van der Waals surface area (Å²) in [6, 6.07) is 2.21. The molecule has 1 atom stereocenters. The van der Waals surface area contributed by atoms with Crippen molar-refractivity contribution in [3.8, 4) is 5.75 Å². The summed E-state index contributed by atoms with van der Waals surface area (Å²) in [5, 5.41) is 11.3. The van der Waals surface area contributed by atoms with Crippen molar-refractivity contribution in [2.24, 2.45) is 0 Å². The predicted octanol–water partition coefficient (Wildman–Crippen LogP) is 2.35. The van der Waals surface area contributed by atoms with Gasteiger partial charge in [0, 0.05) is 31.3 Å². The van der Waals surface area contributed by atoms with Crippen LogP contribution in [0.3, 0.4) is 0 Å². The Morgan fingerprint density at radius 1 is 1.22 bits per heavy atom. The Bertz CT molecular complexity index is 1490. The maximum absolute atomic E-state index is 13.4. The number of thiazole rings is 1. The zero-order valence-corrected chi connectivity index (χ0v) is 22.1. The lowest BCUT2D eigenvalue weighted by Gasteiger charge is -2.35. The van der Waals surface area contributed by atoms with Gasteiger partial charge in [-0.1, -0.05) is 11.6 Å². The molecule has 0 aromatic carbocycles. The Morgan fingerprint density at radius 2 is 2.03 bits per heavy atom. The number of carbonyl (C=O) groups is 2. The fourth-order valence-corrected chi connectivity index (χ4v) is 6.19. The van der Waals surface area contributed by atoms with E-state index in [0.717, 1.165) is 49.3 Å². The average molecular weight is 567 g/mol. The molecule has 1 unspecified atom stereocenters. The third kappa shape index (κ3) is 5.26. The number of nitrogens with one attached hydrogen (secondary N) is 1. The number of amides is 1. The molecule has 15 heteroatoms. The molecule has 0 saturated carbocycles. The molecular weight excluding hydrogens is 544 g/mol. The number of carboxylic acids is 1. The van der Waals surface area contributed by atoms with Crippen LogP contribution in [-0.4, -0.2) is 69.2 Å². The van der Waals surface area contributed by atoms with E-state index in [1.54, 1.807) is 4.90 Å². The molecule has 2 aliphatic rings. The molecule has 5 rings (SSSR count). The lowest BCUT2D eigenvalue weighted by atomic mass is 10.0. The second kappa shape index (κ2) is 9.91. The van der Waals surface area contributed by atoms with Gasteiger partial charge in [-0.15, -0.1) is 11.3 Å². The van der Waals surface area contributed by atoms with Gasteiger partial charge >= 0.3 is 5.97 Å². The standard InChI is InChI=1S/C22H23ClN6O6S2/c1-37(33,34)27-15-6-5-14(20(23)26-15)35-10-17(30)29-9-7-12-18(28-8-3-2-4-16(28)24-12)19(29)21-25-13(11-36-21)22(31)32/h5-6,11,19H,2-4,7-10H2,1H3,(H,26,27)(H,31,32). The van der Waals surface area contributed by atoms with Gasteiger partial charge in [0.05, 0.1) is 17.6 Å². The van der Waals surface area contributed by atoms with Gasteiger partial charge < -0.3 is 19.3 Å². The molecule has 0 radical (unpaired) electrons. The number of aromatic nitrogens is 4. The van der Waals surface area contributed by atoms with Crippen LogP contribution >= 0.6 is 22.9 Å². The van der Waals surface area contributed by atoms with Crippen molar-refractivity contribution < 1.29 is 27.9 Å². The number of fused-ring (bicyclic) bond motifs is 3. The van der Waals surface area contributed by atoms with Crippen molar-refractivity contribution >= 4 is 50.7 Å². The molecular formula is C22H23ClN6O6S2. The maximum atomic E-state index is 13.4. The van der Waals surface area contributed by atoms with Crippen LogP contribution in [0.25, 0.3) is 0 Å². The minimum Gasteiger partial charge on any atom is -0.481 e. The molecule has 0 aliphatic carbocycles. The number of aromatic carboxylic acids is 1. The van der Waals surface area contributed by atoms with E-state index in [9.17, 15) is 23.1 Å². The van der Waals surface area contributed by atoms with Crippen LogP contribution < -0.4 is 9.46 Å². The van der Waals surface area contributed by atoms with E-state index in [0.29, 0.717) is 18.0 Å². The van der Waals surface area contributed by atoms with Crippen LogP contribution in [0.2, 0.25) is 5.15 Å². The number of pyridine rings is 1. The second-order valence-corrected chi connectivity index (χ2v) is 11.7. The Morgan fingerprint density at radius 3 is 2.73 bits per heavy atom. The molecule has 12 nitrogen and oxygen atoms in total. The second-order valence-electron chi connectivity index (χ2n) is 8.73. The number of carbonyl (C=O) groups excluding carboxylic acids is 1. The average Bonchev–Trinajstić information content (AvgIpc) is 3.47. The van der Waals surface area contributed by atoms with E-state index in [-0.39, 0.29) is 34.9 Å². The summed E-state index contributed by atoms with van der Waals surface area (Å²) in [5.74, 6) is -0.359. The summed E-state index contributed by atoms with van der Waals surface area (Å²) < 4.78 is 32.8. The zero-order valence-electron chi connectivity index (χ0n) is 19.7. The first-order chi connectivity index (χ1) is 17.6. The molecule has 37 heavy (non-hydrogen) atoms. The number of hydrogen-bond donors (Lipinski definition) is 2. The Labute approximate surface area is 221 Å². The Balaban J connectivity index is 1.41. The normalized spacial score (nSPS) is 17.1. The molecule has 2 aliphatic heterocycles. The monoisotopic (exact) mass is 566 g/mol. The van der Waals surface area contributed by atoms with Crippen LogP contribution in [0.5, 0.6) is 5.75 Å². The van der Waals surface area contributed by atoms with E-state index in [1.807, 2.05) is 0 Å². The highest BCUT2D eigenvalue weighted by molar-refractivity contribution is 7.92. The van der Waals surface area contributed by atoms with Crippen molar-refractivity contribution in [2.75, 3.05) is 24.1 Å². The number of aryl methyl sites for hydroxylation is 1. The number of hydrogen-bond acceptors (Lipinski definition) is 9. The zero-order chi connectivity index (χ0) is 26.3. The van der Waals surface area contributed by atoms with Crippen molar-refractivity contribution in [3.63, 3.8) is 0 Å². The van der Waals surface area contributed by atoms with Gasteiger partial charge in [-0.25, -0.2) is 28.2 Å². The minimum absolute atomic E-state index is 0.0262. The number of nitrogens with zero attached hydrogens (tertiary/aromatic N) is 5. The Kier molecular flexibility index (Phi) is 6.81. The maximum Gasteiger partial charge on any atom is 0.355 e. The summed E-state index contributed by atoms with van der Waals surface area (Å²) in [4.78, 5) is 39.7. The molecule has 2 N–H and O–H groups in total. The largest absolute Gasteiger partial charge is 0.481 e. The topological polar surface area (TPSA) is 157 Å². The molecule has 3 aromatic heterocycles. The van der Waals surface area contributed by atoms with Gasteiger partial charge in [-0.05, 0) is 25.0 Å². The Hall–Kier alpha value is -3.23. The molecule has 0 fully saturated rings. The first-order valence-corrected chi connectivity index (χ1v) is 14.6. The number of imidazole rings is 1. The van der Waals surface area contributed by atoms with E-state index in [2.05, 4.69) is 19.3 Å². The van der Waals surface area contributed by atoms with Crippen molar-refractivity contribution in [2.45, 2.75) is 38.3 Å². The minimum atomic E-state index is -3.53. The summed E-state index contributed by atoms with van der Waals surface area (Å²) >= 11 is 7.34. The molecule has 5 heterocycles.